The summed E-state index contributed by atoms with van der Waals surface area (Å²) in [6, 6.07) is 16.6. The van der Waals surface area contributed by atoms with E-state index in [0.717, 1.165) is 0 Å². The van der Waals surface area contributed by atoms with Crippen molar-refractivity contribution in [2.45, 2.75) is 11.6 Å². The number of hydrogen-bond acceptors (Lipinski definition) is 7. The minimum Gasteiger partial charge on any atom is -0.489 e. The summed E-state index contributed by atoms with van der Waals surface area (Å²) in [6.07, 6.45) is 1.47. The van der Waals surface area contributed by atoms with Gasteiger partial charge in [0.2, 0.25) is 0 Å². The van der Waals surface area contributed by atoms with E-state index < -0.39 is 17.6 Å². The molecule has 36 heavy (non-hydrogen) atoms. The van der Waals surface area contributed by atoms with Gasteiger partial charge in [-0.3, -0.25) is 14.6 Å². The number of nitrogens with one attached hydrogen (secondary N) is 1. The quantitative estimate of drug-likeness (QED) is 0.545. The Hall–Kier alpha value is -4.39. The molecule has 2 aliphatic rings. The molecule has 2 N–H and O–H groups in total. The number of para-hydroxylation sites is 1. The van der Waals surface area contributed by atoms with Gasteiger partial charge < -0.3 is 29.5 Å². The minimum absolute atomic E-state index is 0.0514. The van der Waals surface area contributed by atoms with Crippen LogP contribution in [0.25, 0.3) is 0 Å². The van der Waals surface area contributed by atoms with Crippen molar-refractivity contribution in [3.8, 4) is 29.1 Å². The standard InChI is InChI=1S/C27H23N3O6/c1-30-23-13-18(9-11-27(33)16-34-17-27)7-8-24(23)35-15-22(26(30)32)29-25(31)21-14-20(10-12-28-21)36-19-5-3-2-4-6-19/h2-8,10,12-14,22,33H,15-17H2,1H3,(H,29,31)/t22-/m1/s1. The van der Waals surface area contributed by atoms with Crippen molar-refractivity contribution >= 4 is 17.5 Å². The molecular formula is C27H23N3O6. The van der Waals surface area contributed by atoms with Gasteiger partial charge in [-0.25, -0.2) is 0 Å². The number of pyridine rings is 1. The number of likely N-dealkylation sites (N-methyl/N-ethyl adjacent to an activating group) is 1. The van der Waals surface area contributed by atoms with Gasteiger partial charge in [-0.05, 0) is 36.4 Å². The van der Waals surface area contributed by atoms with Crippen molar-refractivity contribution in [3.63, 3.8) is 0 Å². The summed E-state index contributed by atoms with van der Waals surface area (Å²) in [5.74, 6) is 6.38. The molecule has 2 aromatic carbocycles. The molecule has 0 unspecified atom stereocenters. The third kappa shape index (κ3) is 5.00. The molecule has 1 fully saturated rings. The Kier molecular flexibility index (Phi) is 6.29. The van der Waals surface area contributed by atoms with Gasteiger partial charge in [-0.15, -0.1) is 0 Å². The molecule has 1 atom stereocenters. The number of carbonyl (C=O) groups is 2. The van der Waals surface area contributed by atoms with E-state index in [4.69, 9.17) is 14.2 Å². The Balaban J connectivity index is 1.29. The minimum atomic E-state index is -1.14. The molecule has 1 aromatic heterocycles. The van der Waals surface area contributed by atoms with E-state index in [-0.39, 0.29) is 31.4 Å². The third-order valence-electron chi connectivity index (χ3n) is 5.72. The van der Waals surface area contributed by atoms with Gasteiger partial charge in [0.25, 0.3) is 11.8 Å². The number of anilines is 1. The zero-order valence-corrected chi connectivity index (χ0v) is 19.4. The SMILES string of the molecule is CN1C(=O)[C@H](NC(=O)c2cc(Oc3ccccc3)ccn2)COc2ccc(C#CC3(O)COC3)cc21. The Morgan fingerprint density at radius 2 is 1.97 bits per heavy atom. The van der Waals surface area contributed by atoms with Gasteiger partial charge in [0.05, 0.1) is 18.9 Å². The lowest BCUT2D eigenvalue weighted by Gasteiger charge is -2.30. The van der Waals surface area contributed by atoms with Gasteiger partial charge >= 0.3 is 0 Å². The Bertz CT molecular complexity index is 1360. The van der Waals surface area contributed by atoms with Crippen LogP contribution < -0.4 is 19.7 Å². The number of ether oxygens (including phenoxy) is 3. The molecular weight excluding hydrogens is 462 g/mol. The first-order valence-corrected chi connectivity index (χ1v) is 11.3. The second-order valence-corrected chi connectivity index (χ2v) is 8.48. The summed E-state index contributed by atoms with van der Waals surface area (Å²) in [5, 5.41) is 12.8. The van der Waals surface area contributed by atoms with Gasteiger partial charge in [0.1, 0.15) is 35.6 Å². The topological polar surface area (TPSA) is 110 Å². The maximum atomic E-state index is 13.2. The summed E-state index contributed by atoms with van der Waals surface area (Å²) >= 11 is 0. The molecule has 3 heterocycles. The highest BCUT2D eigenvalue weighted by Crippen LogP contribution is 2.31. The Morgan fingerprint density at radius 3 is 2.72 bits per heavy atom. The predicted molar refractivity (Wildman–Crippen MR) is 130 cm³/mol. The summed E-state index contributed by atoms with van der Waals surface area (Å²) in [5.41, 5.74) is 0.0878. The summed E-state index contributed by atoms with van der Waals surface area (Å²) < 4.78 is 16.6. The van der Waals surface area contributed by atoms with Crippen molar-refractivity contribution in [1.29, 1.82) is 0 Å². The molecule has 0 spiro atoms. The smallest absolute Gasteiger partial charge is 0.270 e. The van der Waals surface area contributed by atoms with Crippen LogP contribution in [0.15, 0.2) is 66.9 Å². The highest BCUT2D eigenvalue weighted by atomic mass is 16.5. The lowest BCUT2D eigenvalue weighted by molar-refractivity contribution is -0.140. The van der Waals surface area contributed by atoms with E-state index in [9.17, 15) is 14.7 Å². The number of rotatable bonds is 4. The number of benzene rings is 2. The number of carbonyl (C=O) groups excluding carboxylic acids is 2. The second kappa shape index (κ2) is 9.70. The maximum Gasteiger partial charge on any atom is 0.270 e. The molecule has 0 bridgehead atoms. The zero-order valence-electron chi connectivity index (χ0n) is 19.4. The zero-order chi connectivity index (χ0) is 25.1. The van der Waals surface area contributed by atoms with Crippen LogP contribution in [0.5, 0.6) is 17.2 Å². The number of aliphatic hydroxyl groups is 1. The Morgan fingerprint density at radius 1 is 1.17 bits per heavy atom. The fourth-order valence-corrected chi connectivity index (χ4v) is 3.69. The van der Waals surface area contributed by atoms with E-state index in [1.54, 1.807) is 43.4 Å². The number of fused-ring (bicyclic) bond motifs is 1. The van der Waals surface area contributed by atoms with E-state index in [0.29, 0.717) is 28.5 Å². The van der Waals surface area contributed by atoms with Gasteiger partial charge in [-0.1, -0.05) is 30.0 Å². The van der Waals surface area contributed by atoms with Crippen LogP contribution in [0.1, 0.15) is 16.1 Å². The van der Waals surface area contributed by atoms with Crippen molar-refractivity contribution < 1.29 is 28.9 Å². The number of nitrogens with zero attached hydrogens (tertiary/aromatic N) is 2. The van der Waals surface area contributed by atoms with Gasteiger partial charge in [-0.2, -0.15) is 0 Å². The Labute approximate surface area is 207 Å². The van der Waals surface area contributed by atoms with Crippen molar-refractivity contribution in [2.75, 3.05) is 31.8 Å². The second-order valence-electron chi connectivity index (χ2n) is 8.48. The van der Waals surface area contributed by atoms with Crippen LogP contribution in [0.2, 0.25) is 0 Å². The number of hydrogen-bond donors (Lipinski definition) is 2. The van der Waals surface area contributed by atoms with Crippen molar-refractivity contribution in [2.24, 2.45) is 0 Å². The van der Waals surface area contributed by atoms with E-state index >= 15 is 0 Å². The molecule has 3 aromatic rings. The molecule has 9 heteroatoms. The molecule has 0 aliphatic carbocycles. The first-order chi connectivity index (χ1) is 17.4. The molecule has 2 aliphatic heterocycles. The first-order valence-electron chi connectivity index (χ1n) is 11.3. The average Bonchev–Trinajstić information content (AvgIpc) is 2.99. The fourth-order valence-electron chi connectivity index (χ4n) is 3.69. The monoisotopic (exact) mass is 485 g/mol. The fraction of sp³-hybridized carbons (Fsp3) is 0.222. The van der Waals surface area contributed by atoms with Crippen molar-refractivity contribution in [3.05, 3.63) is 78.1 Å². The average molecular weight is 485 g/mol. The normalized spacial score (nSPS) is 17.9. The van der Waals surface area contributed by atoms with E-state index in [1.807, 2.05) is 18.2 Å². The van der Waals surface area contributed by atoms with Crippen LogP contribution in [0.3, 0.4) is 0 Å². The maximum absolute atomic E-state index is 13.2. The van der Waals surface area contributed by atoms with Crippen molar-refractivity contribution in [1.82, 2.24) is 10.3 Å². The van der Waals surface area contributed by atoms with Crippen LogP contribution in [-0.2, 0) is 9.53 Å². The molecule has 0 radical (unpaired) electrons. The van der Waals surface area contributed by atoms with Gasteiger partial charge in [0, 0.05) is 24.9 Å². The molecule has 182 valence electrons. The number of aromatic nitrogens is 1. The lowest BCUT2D eigenvalue weighted by Crippen LogP contribution is -2.49. The van der Waals surface area contributed by atoms with E-state index in [1.165, 1.54) is 17.2 Å². The highest BCUT2D eigenvalue weighted by molar-refractivity contribution is 6.03. The largest absolute Gasteiger partial charge is 0.489 e. The number of amides is 2. The lowest BCUT2D eigenvalue weighted by atomic mass is 10.0. The van der Waals surface area contributed by atoms with E-state index in [2.05, 4.69) is 22.1 Å². The first kappa shape index (κ1) is 23.4. The summed E-state index contributed by atoms with van der Waals surface area (Å²) in [7, 11) is 1.60. The summed E-state index contributed by atoms with van der Waals surface area (Å²) in [6.45, 7) is 0.290. The highest BCUT2D eigenvalue weighted by Gasteiger charge is 2.34. The molecule has 5 rings (SSSR count). The van der Waals surface area contributed by atoms with Crippen LogP contribution in [0, 0.1) is 11.8 Å². The summed E-state index contributed by atoms with van der Waals surface area (Å²) in [4.78, 5) is 31.6. The third-order valence-corrected chi connectivity index (χ3v) is 5.72. The van der Waals surface area contributed by atoms with Crippen LogP contribution in [-0.4, -0.2) is 60.4 Å². The molecule has 1 saturated heterocycles. The molecule has 2 amide bonds. The van der Waals surface area contributed by atoms with Crippen LogP contribution >= 0.6 is 0 Å². The molecule has 0 saturated carbocycles. The van der Waals surface area contributed by atoms with Crippen LogP contribution in [0.4, 0.5) is 5.69 Å². The predicted octanol–water partition coefficient (Wildman–Crippen LogP) is 2.14. The molecule has 9 nitrogen and oxygen atoms in total. The van der Waals surface area contributed by atoms with Gasteiger partial charge in [0.15, 0.2) is 5.60 Å².